The molecule has 1 amide bonds. The molecule has 0 atom stereocenters. The molecule has 0 unspecified atom stereocenters. The lowest BCUT2D eigenvalue weighted by molar-refractivity contribution is 0.0943. The normalized spacial score (nSPS) is 10.2. The lowest BCUT2D eigenvalue weighted by atomic mass is 10.3. The van der Waals surface area contributed by atoms with Crippen LogP contribution in [0.1, 0.15) is 16.9 Å². The Morgan fingerprint density at radius 1 is 1.21 bits per heavy atom. The van der Waals surface area contributed by atoms with Crippen molar-refractivity contribution in [3.63, 3.8) is 0 Å². The molecule has 0 aliphatic carbocycles. The van der Waals surface area contributed by atoms with Crippen molar-refractivity contribution in [2.45, 2.75) is 6.42 Å². The third-order valence-electron chi connectivity index (χ3n) is 2.44. The summed E-state index contributed by atoms with van der Waals surface area (Å²) in [7, 11) is 3.29. The summed E-state index contributed by atoms with van der Waals surface area (Å²) < 4.78 is 9.84. The zero-order valence-corrected chi connectivity index (χ0v) is 11.4. The number of carbonyl (C=O) groups excluding carboxylic acids is 1. The van der Waals surface area contributed by atoms with E-state index >= 15 is 0 Å². The van der Waals surface area contributed by atoms with Gasteiger partial charge >= 0.3 is 0 Å². The van der Waals surface area contributed by atoms with Crippen LogP contribution in [-0.2, 0) is 9.47 Å². The molecule has 0 fully saturated rings. The van der Waals surface area contributed by atoms with E-state index in [1.807, 2.05) is 6.07 Å². The van der Waals surface area contributed by atoms with Crippen molar-refractivity contribution in [3.8, 4) is 0 Å². The molecule has 6 nitrogen and oxygen atoms in total. The van der Waals surface area contributed by atoms with Crippen LogP contribution in [0.5, 0.6) is 0 Å². The summed E-state index contributed by atoms with van der Waals surface area (Å²) in [5.74, 6) is -0.167. The predicted molar refractivity (Wildman–Crippen MR) is 73.4 cm³/mol. The number of methoxy groups -OCH3 is 2. The number of hydrogen-bond acceptors (Lipinski definition) is 5. The van der Waals surface area contributed by atoms with E-state index in [0.717, 1.165) is 12.1 Å². The van der Waals surface area contributed by atoms with Crippen molar-refractivity contribution in [2.75, 3.05) is 45.8 Å². The van der Waals surface area contributed by atoms with Crippen LogP contribution >= 0.6 is 0 Å². The van der Waals surface area contributed by atoms with E-state index in [4.69, 9.17) is 9.47 Å². The van der Waals surface area contributed by atoms with E-state index in [1.54, 1.807) is 26.5 Å². The molecule has 0 spiro atoms. The maximum Gasteiger partial charge on any atom is 0.269 e. The minimum absolute atomic E-state index is 0.167. The first kappa shape index (κ1) is 15.4. The van der Waals surface area contributed by atoms with Crippen molar-refractivity contribution in [1.82, 2.24) is 10.3 Å². The summed E-state index contributed by atoms with van der Waals surface area (Å²) >= 11 is 0. The number of pyridine rings is 1. The summed E-state index contributed by atoms with van der Waals surface area (Å²) in [4.78, 5) is 15.8. The van der Waals surface area contributed by atoms with Gasteiger partial charge in [0.1, 0.15) is 5.69 Å². The predicted octanol–water partition coefficient (Wildman–Crippen LogP) is 0.906. The van der Waals surface area contributed by atoms with Crippen LogP contribution < -0.4 is 10.6 Å². The molecule has 0 aliphatic heterocycles. The van der Waals surface area contributed by atoms with Crippen molar-refractivity contribution < 1.29 is 14.3 Å². The van der Waals surface area contributed by atoms with E-state index in [-0.39, 0.29) is 5.91 Å². The van der Waals surface area contributed by atoms with Gasteiger partial charge in [-0.15, -0.1) is 0 Å². The Labute approximate surface area is 113 Å². The molecular weight excluding hydrogens is 246 g/mol. The fourth-order valence-electron chi connectivity index (χ4n) is 1.44. The van der Waals surface area contributed by atoms with Crippen LogP contribution in [-0.4, -0.2) is 51.4 Å². The number of nitrogens with zero attached hydrogens (tertiary/aromatic N) is 1. The Balaban J connectivity index is 2.35. The molecule has 0 bridgehead atoms. The summed E-state index contributed by atoms with van der Waals surface area (Å²) in [6, 6.07) is 3.52. The zero-order valence-electron chi connectivity index (χ0n) is 11.4. The number of rotatable bonds is 9. The quantitative estimate of drug-likeness (QED) is 0.651. The highest BCUT2D eigenvalue weighted by Crippen LogP contribution is 2.05. The van der Waals surface area contributed by atoms with Crippen molar-refractivity contribution in [3.05, 3.63) is 24.0 Å². The summed E-state index contributed by atoms with van der Waals surface area (Å²) in [6.45, 7) is 2.56. The molecule has 0 aromatic carbocycles. The topological polar surface area (TPSA) is 72.5 Å². The number of anilines is 1. The van der Waals surface area contributed by atoms with Gasteiger partial charge in [0, 0.05) is 33.9 Å². The van der Waals surface area contributed by atoms with Crippen LogP contribution in [0.15, 0.2) is 18.3 Å². The highest BCUT2D eigenvalue weighted by Gasteiger charge is 2.05. The van der Waals surface area contributed by atoms with Gasteiger partial charge in [0.2, 0.25) is 0 Å². The van der Waals surface area contributed by atoms with E-state index in [1.165, 1.54) is 0 Å². The minimum Gasteiger partial charge on any atom is -0.385 e. The first-order chi connectivity index (χ1) is 9.27. The summed E-state index contributed by atoms with van der Waals surface area (Å²) in [5, 5.41) is 5.92. The van der Waals surface area contributed by atoms with E-state index in [9.17, 15) is 4.79 Å². The molecule has 0 radical (unpaired) electrons. The molecule has 1 heterocycles. The van der Waals surface area contributed by atoms with Gasteiger partial charge in [0.25, 0.3) is 5.91 Å². The maximum atomic E-state index is 11.7. The Morgan fingerprint density at radius 3 is 2.63 bits per heavy atom. The minimum atomic E-state index is -0.167. The number of hydrogen-bond donors (Lipinski definition) is 2. The zero-order chi connectivity index (χ0) is 13.9. The highest BCUT2D eigenvalue weighted by atomic mass is 16.5. The third-order valence-corrected chi connectivity index (χ3v) is 2.44. The maximum absolute atomic E-state index is 11.7. The van der Waals surface area contributed by atoms with Gasteiger partial charge in [-0.25, -0.2) is 4.98 Å². The van der Waals surface area contributed by atoms with Gasteiger partial charge in [0.15, 0.2) is 0 Å². The first-order valence-electron chi connectivity index (χ1n) is 6.24. The number of ether oxygens (including phenoxy) is 2. The standard InChI is InChI=1S/C13H21N3O3/c1-18-8-3-6-15-13(17)12-5-4-11(10-16-12)14-7-9-19-2/h4-5,10,14H,3,6-9H2,1-2H3,(H,15,17). The summed E-state index contributed by atoms with van der Waals surface area (Å²) in [5.41, 5.74) is 1.28. The first-order valence-corrected chi connectivity index (χ1v) is 6.24. The average Bonchev–Trinajstić information content (AvgIpc) is 2.44. The number of carbonyl (C=O) groups is 1. The Hall–Kier alpha value is -1.66. The van der Waals surface area contributed by atoms with Gasteiger partial charge in [-0.2, -0.15) is 0 Å². The van der Waals surface area contributed by atoms with E-state index in [2.05, 4.69) is 15.6 Å². The average molecular weight is 267 g/mol. The molecule has 0 saturated heterocycles. The molecular formula is C13H21N3O3. The van der Waals surface area contributed by atoms with Gasteiger partial charge < -0.3 is 20.1 Å². The molecule has 1 aromatic rings. The second-order valence-corrected chi connectivity index (χ2v) is 3.95. The van der Waals surface area contributed by atoms with Gasteiger partial charge in [0.05, 0.1) is 18.5 Å². The van der Waals surface area contributed by atoms with Gasteiger partial charge in [-0.1, -0.05) is 0 Å². The highest BCUT2D eigenvalue weighted by molar-refractivity contribution is 5.92. The smallest absolute Gasteiger partial charge is 0.269 e. The molecule has 1 rings (SSSR count). The molecule has 19 heavy (non-hydrogen) atoms. The van der Waals surface area contributed by atoms with Crippen molar-refractivity contribution in [1.29, 1.82) is 0 Å². The van der Waals surface area contributed by atoms with Crippen molar-refractivity contribution in [2.24, 2.45) is 0 Å². The van der Waals surface area contributed by atoms with Crippen LogP contribution in [0.3, 0.4) is 0 Å². The van der Waals surface area contributed by atoms with E-state index < -0.39 is 0 Å². The monoisotopic (exact) mass is 267 g/mol. The lowest BCUT2D eigenvalue weighted by Crippen LogP contribution is -2.26. The second-order valence-electron chi connectivity index (χ2n) is 3.95. The fourth-order valence-corrected chi connectivity index (χ4v) is 1.44. The lowest BCUT2D eigenvalue weighted by Gasteiger charge is -2.07. The fraction of sp³-hybridized carbons (Fsp3) is 0.538. The van der Waals surface area contributed by atoms with Crippen LogP contribution in [0.25, 0.3) is 0 Å². The molecule has 106 valence electrons. The Kier molecular flexibility index (Phi) is 7.53. The molecule has 1 aromatic heterocycles. The van der Waals surface area contributed by atoms with Crippen LogP contribution in [0.4, 0.5) is 5.69 Å². The second kappa shape index (κ2) is 9.29. The number of amides is 1. The number of aromatic nitrogens is 1. The summed E-state index contributed by atoms with van der Waals surface area (Å²) in [6.07, 6.45) is 2.43. The van der Waals surface area contributed by atoms with E-state index in [0.29, 0.717) is 32.0 Å². The Morgan fingerprint density at radius 2 is 2.00 bits per heavy atom. The molecule has 6 heteroatoms. The van der Waals surface area contributed by atoms with Gasteiger partial charge in [-0.05, 0) is 18.6 Å². The van der Waals surface area contributed by atoms with Crippen LogP contribution in [0.2, 0.25) is 0 Å². The molecule has 2 N–H and O–H groups in total. The van der Waals surface area contributed by atoms with Crippen molar-refractivity contribution >= 4 is 11.6 Å². The molecule has 0 aliphatic rings. The van der Waals surface area contributed by atoms with Crippen LogP contribution in [0, 0.1) is 0 Å². The Bertz CT molecular complexity index is 368. The third kappa shape index (κ3) is 6.17. The van der Waals surface area contributed by atoms with Gasteiger partial charge in [-0.3, -0.25) is 4.79 Å². The largest absolute Gasteiger partial charge is 0.385 e. The molecule has 0 saturated carbocycles. The SMILES string of the molecule is COCCCNC(=O)c1ccc(NCCOC)cn1. The number of nitrogens with one attached hydrogen (secondary N) is 2.